The number of nitrogens with one attached hydrogen (secondary N) is 1. The molecule has 0 bridgehead atoms. The van der Waals surface area contributed by atoms with E-state index in [0.29, 0.717) is 22.4 Å². The van der Waals surface area contributed by atoms with E-state index in [1.54, 1.807) is 28.7 Å². The molecule has 0 aliphatic rings. The predicted octanol–water partition coefficient (Wildman–Crippen LogP) is 3.94. The number of carbonyl (C=O) groups is 1. The van der Waals surface area contributed by atoms with Gasteiger partial charge in [-0.3, -0.25) is 14.2 Å². The van der Waals surface area contributed by atoms with Crippen molar-refractivity contribution < 1.29 is 4.79 Å². The fraction of sp³-hybridized carbons (Fsp3) is 0.235. The largest absolute Gasteiger partial charge is 0.306 e. The van der Waals surface area contributed by atoms with E-state index in [1.165, 1.54) is 0 Å². The molecule has 0 fully saturated rings. The van der Waals surface area contributed by atoms with Gasteiger partial charge in [-0.1, -0.05) is 35.3 Å². The fourth-order valence-corrected chi connectivity index (χ4v) is 2.65. The molecule has 3 rings (SSSR count). The molecule has 8 heteroatoms. The number of amides is 1. The van der Waals surface area contributed by atoms with Crippen LogP contribution >= 0.6 is 23.2 Å². The SMILES string of the molecule is Cc1ccn(C(C)C(=O)Nc2nn(Cc3ccc(Cl)cc3)cc2Cl)n1. The molecule has 1 unspecified atom stereocenters. The molecular weight excluding hydrogens is 361 g/mol. The molecule has 2 heterocycles. The van der Waals surface area contributed by atoms with Crippen molar-refractivity contribution in [1.29, 1.82) is 0 Å². The third-order valence-electron chi connectivity index (χ3n) is 3.73. The zero-order chi connectivity index (χ0) is 18.0. The van der Waals surface area contributed by atoms with E-state index < -0.39 is 6.04 Å². The highest BCUT2D eigenvalue weighted by molar-refractivity contribution is 6.33. The van der Waals surface area contributed by atoms with Crippen LogP contribution in [0.15, 0.2) is 42.7 Å². The number of benzene rings is 1. The van der Waals surface area contributed by atoms with Crippen molar-refractivity contribution in [2.24, 2.45) is 0 Å². The third kappa shape index (κ3) is 4.21. The normalized spacial score (nSPS) is 12.2. The summed E-state index contributed by atoms with van der Waals surface area (Å²) in [5.74, 6) is 0.0955. The lowest BCUT2D eigenvalue weighted by molar-refractivity contribution is -0.119. The molecule has 0 aliphatic carbocycles. The first-order chi connectivity index (χ1) is 11.9. The molecule has 6 nitrogen and oxygen atoms in total. The Labute approximate surface area is 155 Å². The molecule has 1 aromatic carbocycles. The van der Waals surface area contributed by atoms with Gasteiger partial charge in [-0.15, -0.1) is 0 Å². The molecule has 0 saturated carbocycles. The molecule has 25 heavy (non-hydrogen) atoms. The van der Waals surface area contributed by atoms with E-state index in [9.17, 15) is 4.79 Å². The van der Waals surface area contributed by atoms with Crippen LogP contribution in [-0.2, 0) is 11.3 Å². The molecule has 0 radical (unpaired) electrons. The maximum Gasteiger partial charge on any atom is 0.250 e. The van der Waals surface area contributed by atoms with Crippen molar-refractivity contribution in [2.75, 3.05) is 5.32 Å². The number of anilines is 1. The van der Waals surface area contributed by atoms with Gasteiger partial charge in [-0.25, -0.2) is 0 Å². The summed E-state index contributed by atoms with van der Waals surface area (Å²) in [4.78, 5) is 12.4. The van der Waals surface area contributed by atoms with Crippen LogP contribution in [0.1, 0.15) is 24.2 Å². The van der Waals surface area contributed by atoms with Gasteiger partial charge < -0.3 is 5.32 Å². The van der Waals surface area contributed by atoms with E-state index in [2.05, 4.69) is 15.5 Å². The Morgan fingerprint density at radius 3 is 2.56 bits per heavy atom. The van der Waals surface area contributed by atoms with Crippen LogP contribution < -0.4 is 5.32 Å². The summed E-state index contributed by atoms with van der Waals surface area (Å²) < 4.78 is 3.27. The number of nitrogens with zero attached hydrogens (tertiary/aromatic N) is 4. The third-order valence-corrected chi connectivity index (χ3v) is 4.26. The molecule has 1 amide bonds. The maximum absolute atomic E-state index is 12.4. The average Bonchev–Trinajstić information content (AvgIpc) is 3.15. The van der Waals surface area contributed by atoms with Gasteiger partial charge in [0.2, 0.25) is 5.91 Å². The van der Waals surface area contributed by atoms with Gasteiger partial charge in [0.15, 0.2) is 5.82 Å². The lowest BCUT2D eigenvalue weighted by Crippen LogP contribution is -2.24. The minimum atomic E-state index is -0.466. The Morgan fingerprint density at radius 2 is 1.92 bits per heavy atom. The molecule has 1 N–H and O–H groups in total. The van der Waals surface area contributed by atoms with Gasteiger partial charge in [-0.05, 0) is 37.6 Å². The Morgan fingerprint density at radius 1 is 1.20 bits per heavy atom. The zero-order valence-electron chi connectivity index (χ0n) is 13.8. The van der Waals surface area contributed by atoms with Crippen LogP contribution in [0.2, 0.25) is 10.0 Å². The monoisotopic (exact) mass is 377 g/mol. The molecule has 0 spiro atoms. The summed E-state index contributed by atoms with van der Waals surface area (Å²) in [6.45, 7) is 4.16. The smallest absolute Gasteiger partial charge is 0.250 e. The van der Waals surface area contributed by atoms with Gasteiger partial charge in [0, 0.05) is 17.4 Å². The summed E-state index contributed by atoms with van der Waals surface area (Å²) in [5, 5.41) is 12.4. The van der Waals surface area contributed by atoms with Crippen LogP contribution in [-0.4, -0.2) is 25.5 Å². The van der Waals surface area contributed by atoms with Gasteiger partial charge >= 0.3 is 0 Å². The summed E-state index contributed by atoms with van der Waals surface area (Å²) >= 11 is 12.1. The second kappa shape index (κ2) is 7.29. The van der Waals surface area contributed by atoms with Crippen LogP contribution in [0.25, 0.3) is 0 Å². The summed E-state index contributed by atoms with van der Waals surface area (Å²) in [5.41, 5.74) is 1.88. The predicted molar refractivity (Wildman–Crippen MR) is 98.1 cm³/mol. The average molecular weight is 378 g/mol. The molecule has 1 atom stereocenters. The van der Waals surface area contributed by atoms with E-state index in [0.717, 1.165) is 11.3 Å². The van der Waals surface area contributed by atoms with Gasteiger partial charge in [-0.2, -0.15) is 10.2 Å². The number of carbonyl (C=O) groups excluding carboxylic acids is 1. The van der Waals surface area contributed by atoms with Crippen molar-refractivity contribution in [2.45, 2.75) is 26.4 Å². The van der Waals surface area contributed by atoms with Crippen molar-refractivity contribution in [3.63, 3.8) is 0 Å². The number of rotatable bonds is 5. The number of hydrogen-bond donors (Lipinski definition) is 1. The molecule has 0 aliphatic heterocycles. The van der Waals surface area contributed by atoms with E-state index >= 15 is 0 Å². The molecule has 0 saturated heterocycles. The lowest BCUT2D eigenvalue weighted by Gasteiger charge is -2.11. The fourth-order valence-electron chi connectivity index (χ4n) is 2.33. The highest BCUT2D eigenvalue weighted by atomic mass is 35.5. The first-order valence-electron chi connectivity index (χ1n) is 7.72. The van der Waals surface area contributed by atoms with Gasteiger partial charge in [0.1, 0.15) is 11.1 Å². The lowest BCUT2D eigenvalue weighted by atomic mass is 10.2. The number of aromatic nitrogens is 4. The Hall–Kier alpha value is -2.31. The standard InChI is InChI=1S/C17H17Cl2N5O/c1-11-7-8-24(21-11)12(2)17(25)20-16-15(19)10-23(22-16)9-13-3-5-14(18)6-4-13/h3-8,10,12H,9H2,1-2H3,(H,20,22,25). The molecule has 2 aromatic heterocycles. The molecule has 130 valence electrons. The summed E-state index contributed by atoms with van der Waals surface area (Å²) in [6.07, 6.45) is 3.44. The van der Waals surface area contributed by atoms with Crippen LogP contribution in [0.3, 0.4) is 0 Å². The quantitative estimate of drug-likeness (QED) is 0.731. The second-order valence-electron chi connectivity index (χ2n) is 5.75. The molecular formula is C17H17Cl2N5O. The van der Waals surface area contributed by atoms with Crippen LogP contribution in [0, 0.1) is 6.92 Å². The summed E-state index contributed by atoms with van der Waals surface area (Å²) in [7, 11) is 0. The van der Waals surface area contributed by atoms with Gasteiger partial charge in [0.05, 0.1) is 12.2 Å². The topological polar surface area (TPSA) is 64.7 Å². The van der Waals surface area contributed by atoms with Crippen LogP contribution in [0.5, 0.6) is 0 Å². The van der Waals surface area contributed by atoms with E-state index in [4.69, 9.17) is 23.2 Å². The minimum Gasteiger partial charge on any atom is -0.306 e. The summed E-state index contributed by atoms with van der Waals surface area (Å²) in [6, 6.07) is 8.84. The molecule has 3 aromatic rings. The second-order valence-corrected chi connectivity index (χ2v) is 6.60. The zero-order valence-corrected chi connectivity index (χ0v) is 15.3. The number of halogens is 2. The Balaban J connectivity index is 1.69. The first kappa shape index (κ1) is 17.5. The van der Waals surface area contributed by atoms with E-state index in [1.807, 2.05) is 37.3 Å². The number of hydrogen-bond acceptors (Lipinski definition) is 3. The van der Waals surface area contributed by atoms with Gasteiger partial charge in [0.25, 0.3) is 0 Å². The van der Waals surface area contributed by atoms with Crippen molar-refractivity contribution in [3.05, 3.63) is 64.0 Å². The van der Waals surface area contributed by atoms with Crippen molar-refractivity contribution in [1.82, 2.24) is 19.6 Å². The highest BCUT2D eigenvalue weighted by Gasteiger charge is 2.18. The Kier molecular flexibility index (Phi) is 5.11. The van der Waals surface area contributed by atoms with Crippen molar-refractivity contribution >= 4 is 34.9 Å². The number of aryl methyl sites for hydroxylation is 1. The maximum atomic E-state index is 12.4. The minimum absolute atomic E-state index is 0.234. The Bertz CT molecular complexity index is 885. The van der Waals surface area contributed by atoms with E-state index in [-0.39, 0.29) is 5.91 Å². The first-order valence-corrected chi connectivity index (χ1v) is 8.48. The highest BCUT2D eigenvalue weighted by Crippen LogP contribution is 2.21. The van der Waals surface area contributed by atoms with Crippen molar-refractivity contribution in [3.8, 4) is 0 Å². The van der Waals surface area contributed by atoms with Crippen LogP contribution in [0.4, 0.5) is 5.82 Å².